The fourth-order valence-corrected chi connectivity index (χ4v) is 2.72. The lowest BCUT2D eigenvalue weighted by molar-refractivity contribution is -0.146. The standard InChI is InChI=1S/C18H18BrNO5/c1-24-12-9-7-11(8-10-12)16(21)15(18(23)25-2)20-17(22)13-5-3-4-6-14(13)19/h3-10,15-16,21H,1-2H3,(H,20,22). The van der Waals surface area contributed by atoms with Gasteiger partial charge < -0.3 is 19.9 Å². The smallest absolute Gasteiger partial charge is 0.331 e. The summed E-state index contributed by atoms with van der Waals surface area (Å²) in [4.78, 5) is 24.5. The normalized spacial score (nSPS) is 12.8. The number of carbonyl (C=O) groups is 2. The van der Waals surface area contributed by atoms with E-state index in [1.165, 1.54) is 14.2 Å². The zero-order valence-corrected chi connectivity index (χ0v) is 15.3. The number of benzene rings is 2. The minimum atomic E-state index is -1.27. The molecule has 0 saturated carbocycles. The minimum absolute atomic E-state index is 0.346. The summed E-state index contributed by atoms with van der Waals surface area (Å²) in [5, 5.41) is 13.1. The van der Waals surface area contributed by atoms with Crippen LogP contribution in [0.25, 0.3) is 0 Å². The van der Waals surface area contributed by atoms with Gasteiger partial charge in [0.25, 0.3) is 5.91 Å². The Bertz CT molecular complexity index is 747. The molecule has 25 heavy (non-hydrogen) atoms. The van der Waals surface area contributed by atoms with Gasteiger partial charge in [0.05, 0.1) is 19.8 Å². The highest BCUT2D eigenvalue weighted by Gasteiger charge is 2.31. The van der Waals surface area contributed by atoms with Crippen molar-refractivity contribution in [2.75, 3.05) is 14.2 Å². The van der Waals surface area contributed by atoms with E-state index >= 15 is 0 Å². The Kier molecular flexibility index (Phi) is 6.55. The van der Waals surface area contributed by atoms with Crippen molar-refractivity contribution in [2.24, 2.45) is 0 Å². The Morgan fingerprint density at radius 1 is 1.08 bits per heavy atom. The summed E-state index contributed by atoms with van der Waals surface area (Å²) < 4.78 is 10.4. The van der Waals surface area contributed by atoms with Crippen LogP contribution in [0.4, 0.5) is 0 Å². The first-order valence-corrected chi connectivity index (χ1v) is 8.22. The number of hydrogen-bond donors (Lipinski definition) is 2. The molecule has 132 valence electrons. The summed E-state index contributed by atoms with van der Waals surface area (Å²) in [5.41, 5.74) is 0.793. The number of rotatable bonds is 6. The third-order valence-corrected chi connectivity index (χ3v) is 4.32. The Morgan fingerprint density at radius 3 is 2.28 bits per heavy atom. The topological polar surface area (TPSA) is 84.9 Å². The van der Waals surface area contributed by atoms with E-state index in [0.29, 0.717) is 21.3 Å². The third-order valence-electron chi connectivity index (χ3n) is 3.63. The zero-order chi connectivity index (χ0) is 18.4. The van der Waals surface area contributed by atoms with Gasteiger partial charge in [0.15, 0.2) is 6.04 Å². The van der Waals surface area contributed by atoms with E-state index in [0.717, 1.165) is 0 Å². The highest BCUT2D eigenvalue weighted by Crippen LogP contribution is 2.22. The first-order valence-electron chi connectivity index (χ1n) is 7.43. The van der Waals surface area contributed by atoms with Crippen molar-refractivity contribution >= 4 is 27.8 Å². The molecule has 0 aliphatic heterocycles. The van der Waals surface area contributed by atoms with Crippen LogP contribution in [0.3, 0.4) is 0 Å². The highest BCUT2D eigenvalue weighted by molar-refractivity contribution is 9.10. The number of nitrogens with one attached hydrogen (secondary N) is 1. The lowest BCUT2D eigenvalue weighted by Gasteiger charge is -2.22. The molecule has 2 aromatic carbocycles. The number of esters is 1. The number of aliphatic hydroxyl groups excluding tert-OH is 1. The molecule has 2 N–H and O–H groups in total. The van der Waals surface area contributed by atoms with E-state index in [4.69, 9.17) is 9.47 Å². The number of halogens is 1. The van der Waals surface area contributed by atoms with Crippen LogP contribution in [0.2, 0.25) is 0 Å². The zero-order valence-electron chi connectivity index (χ0n) is 13.7. The van der Waals surface area contributed by atoms with Crippen molar-refractivity contribution in [1.82, 2.24) is 5.32 Å². The molecule has 0 bridgehead atoms. The van der Waals surface area contributed by atoms with Gasteiger partial charge in [-0.1, -0.05) is 24.3 Å². The van der Waals surface area contributed by atoms with Crippen LogP contribution in [0.5, 0.6) is 5.75 Å². The predicted octanol–water partition coefficient (Wildman–Crippen LogP) is 2.46. The average molecular weight is 408 g/mol. The van der Waals surface area contributed by atoms with Gasteiger partial charge in [-0.3, -0.25) is 4.79 Å². The van der Waals surface area contributed by atoms with Gasteiger partial charge >= 0.3 is 5.97 Å². The maximum Gasteiger partial charge on any atom is 0.331 e. The van der Waals surface area contributed by atoms with Crippen molar-refractivity contribution in [3.8, 4) is 5.75 Å². The Hall–Kier alpha value is -2.38. The Morgan fingerprint density at radius 2 is 1.72 bits per heavy atom. The van der Waals surface area contributed by atoms with Gasteiger partial charge in [-0.2, -0.15) is 0 Å². The van der Waals surface area contributed by atoms with Crippen molar-refractivity contribution < 1.29 is 24.2 Å². The maximum absolute atomic E-state index is 12.5. The van der Waals surface area contributed by atoms with E-state index in [2.05, 4.69) is 21.2 Å². The summed E-state index contributed by atoms with van der Waals surface area (Å²) in [5.74, 6) is -0.637. The molecular weight excluding hydrogens is 390 g/mol. The number of hydrogen-bond acceptors (Lipinski definition) is 5. The molecule has 7 heteroatoms. The van der Waals surface area contributed by atoms with Gasteiger partial charge in [0.2, 0.25) is 0 Å². The van der Waals surface area contributed by atoms with Crippen molar-refractivity contribution in [3.63, 3.8) is 0 Å². The minimum Gasteiger partial charge on any atom is -0.497 e. The summed E-state index contributed by atoms with van der Waals surface area (Å²) >= 11 is 3.29. The number of aliphatic hydroxyl groups is 1. The fourth-order valence-electron chi connectivity index (χ4n) is 2.25. The quantitative estimate of drug-likeness (QED) is 0.718. The van der Waals surface area contributed by atoms with Gasteiger partial charge in [-0.05, 0) is 45.8 Å². The van der Waals surface area contributed by atoms with Crippen LogP contribution >= 0.6 is 15.9 Å². The summed E-state index contributed by atoms with van der Waals surface area (Å²) in [6.07, 6.45) is -1.27. The van der Waals surface area contributed by atoms with E-state index in [-0.39, 0.29) is 0 Å². The molecule has 2 aromatic rings. The summed E-state index contributed by atoms with van der Waals surface area (Å²) in [6, 6.07) is 12.1. The molecule has 0 saturated heterocycles. The molecule has 0 heterocycles. The van der Waals surface area contributed by atoms with E-state index in [1.54, 1.807) is 48.5 Å². The molecular formula is C18H18BrNO5. The Labute approximate surface area is 153 Å². The summed E-state index contributed by atoms with van der Waals surface area (Å²) in [6.45, 7) is 0. The van der Waals surface area contributed by atoms with E-state index < -0.39 is 24.0 Å². The molecule has 0 spiro atoms. The second-order valence-electron chi connectivity index (χ2n) is 5.17. The van der Waals surface area contributed by atoms with Crippen molar-refractivity contribution in [2.45, 2.75) is 12.1 Å². The van der Waals surface area contributed by atoms with Crippen LogP contribution in [0.15, 0.2) is 53.0 Å². The molecule has 1 amide bonds. The molecule has 6 nitrogen and oxygen atoms in total. The van der Waals surface area contributed by atoms with Gasteiger partial charge in [0.1, 0.15) is 11.9 Å². The average Bonchev–Trinajstić information content (AvgIpc) is 2.65. The predicted molar refractivity (Wildman–Crippen MR) is 95.4 cm³/mol. The van der Waals surface area contributed by atoms with Crippen molar-refractivity contribution in [1.29, 1.82) is 0 Å². The SMILES string of the molecule is COC(=O)C(NC(=O)c1ccccc1Br)C(O)c1ccc(OC)cc1. The molecule has 2 atom stereocenters. The van der Waals surface area contributed by atoms with Gasteiger partial charge in [-0.25, -0.2) is 4.79 Å². The molecule has 0 radical (unpaired) electrons. The number of ether oxygens (including phenoxy) is 2. The van der Waals surface area contributed by atoms with E-state index in [9.17, 15) is 14.7 Å². The number of amides is 1. The first-order chi connectivity index (χ1) is 12.0. The third kappa shape index (κ3) is 4.58. The molecule has 0 aliphatic rings. The molecule has 0 aromatic heterocycles. The Balaban J connectivity index is 2.24. The van der Waals surface area contributed by atoms with E-state index in [1.807, 2.05) is 0 Å². The lowest BCUT2D eigenvalue weighted by atomic mass is 10.0. The van der Waals surface area contributed by atoms with Crippen LogP contribution < -0.4 is 10.1 Å². The highest BCUT2D eigenvalue weighted by atomic mass is 79.9. The van der Waals surface area contributed by atoms with Gasteiger partial charge in [0, 0.05) is 4.47 Å². The summed E-state index contributed by atoms with van der Waals surface area (Å²) in [7, 11) is 2.72. The second-order valence-corrected chi connectivity index (χ2v) is 6.03. The van der Waals surface area contributed by atoms with Crippen LogP contribution in [0, 0.1) is 0 Å². The van der Waals surface area contributed by atoms with Crippen LogP contribution in [0.1, 0.15) is 22.0 Å². The number of carbonyl (C=O) groups excluding carboxylic acids is 2. The number of methoxy groups -OCH3 is 2. The fraction of sp³-hybridized carbons (Fsp3) is 0.222. The van der Waals surface area contributed by atoms with Crippen LogP contribution in [-0.4, -0.2) is 37.2 Å². The molecule has 0 fully saturated rings. The monoisotopic (exact) mass is 407 g/mol. The van der Waals surface area contributed by atoms with Gasteiger partial charge in [-0.15, -0.1) is 0 Å². The molecule has 2 unspecified atom stereocenters. The second kappa shape index (κ2) is 8.64. The maximum atomic E-state index is 12.5. The first kappa shape index (κ1) is 19.0. The van der Waals surface area contributed by atoms with Crippen LogP contribution in [-0.2, 0) is 9.53 Å². The molecule has 2 rings (SSSR count). The largest absolute Gasteiger partial charge is 0.497 e. The molecule has 0 aliphatic carbocycles. The van der Waals surface area contributed by atoms with Crippen molar-refractivity contribution in [3.05, 3.63) is 64.1 Å². The lowest BCUT2D eigenvalue weighted by Crippen LogP contribution is -2.45.